The number of nitrogens with one attached hydrogen (secondary N) is 1. The number of aromatic nitrogens is 1. The van der Waals surface area contributed by atoms with Crippen molar-refractivity contribution < 1.29 is 9.53 Å². The van der Waals surface area contributed by atoms with Crippen molar-refractivity contribution in [3.8, 4) is 11.5 Å². The van der Waals surface area contributed by atoms with Crippen molar-refractivity contribution in [2.75, 3.05) is 5.32 Å². The number of anilines is 1. The van der Waals surface area contributed by atoms with Gasteiger partial charge < -0.3 is 4.74 Å². The van der Waals surface area contributed by atoms with Gasteiger partial charge in [-0.1, -0.05) is 59.4 Å². The Hall–Kier alpha value is -3.44. The molecule has 138 valence electrons. The third-order valence-electron chi connectivity index (χ3n) is 4.07. The molecule has 4 rings (SSSR count). The SMILES string of the molecule is Cc1ccc(C=CC(=O)Nc2nc3ccc(Oc4ccccc4)cc3s2)cc1. The van der Waals surface area contributed by atoms with Crippen molar-refractivity contribution in [3.63, 3.8) is 0 Å². The van der Waals surface area contributed by atoms with Crippen LogP contribution in [0, 0.1) is 6.92 Å². The number of nitrogens with zero attached hydrogens (tertiary/aromatic N) is 1. The van der Waals surface area contributed by atoms with Gasteiger partial charge in [0.25, 0.3) is 0 Å². The van der Waals surface area contributed by atoms with Gasteiger partial charge in [-0.2, -0.15) is 0 Å². The summed E-state index contributed by atoms with van der Waals surface area (Å²) < 4.78 is 6.80. The summed E-state index contributed by atoms with van der Waals surface area (Å²) in [6.45, 7) is 2.03. The lowest BCUT2D eigenvalue weighted by atomic mass is 10.1. The summed E-state index contributed by atoms with van der Waals surface area (Å²) in [5.74, 6) is 1.31. The molecule has 0 unspecified atom stereocenters. The van der Waals surface area contributed by atoms with Crippen LogP contribution in [0.1, 0.15) is 11.1 Å². The molecule has 0 atom stereocenters. The van der Waals surface area contributed by atoms with Crippen molar-refractivity contribution in [1.82, 2.24) is 4.98 Å². The van der Waals surface area contributed by atoms with Gasteiger partial charge in [-0.05, 0) is 42.8 Å². The van der Waals surface area contributed by atoms with Gasteiger partial charge in [0.15, 0.2) is 5.13 Å². The number of aryl methyl sites for hydroxylation is 1. The Morgan fingerprint density at radius 2 is 1.79 bits per heavy atom. The molecular weight excluding hydrogens is 368 g/mol. The van der Waals surface area contributed by atoms with Gasteiger partial charge in [0.1, 0.15) is 11.5 Å². The Bertz CT molecular complexity index is 1130. The number of thiazole rings is 1. The van der Waals surface area contributed by atoms with E-state index in [0.717, 1.165) is 27.3 Å². The number of hydrogen-bond acceptors (Lipinski definition) is 4. The maximum atomic E-state index is 12.2. The Morgan fingerprint density at radius 3 is 2.57 bits per heavy atom. The zero-order chi connectivity index (χ0) is 19.3. The van der Waals surface area contributed by atoms with Crippen LogP contribution in [0.2, 0.25) is 0 Å². The quantitative estimate of drug-likeness (QED) is 0.425. The minimum atomic E-state index is -0.208. The fourth-order valence-corrected chi connectivity index (χ4v) is 3.54. The van der Waals surface area contributed by atoms with Gasteiger partial charge in [-0.15, -0.1) is 0 Å². The summed E-state index contributed by atoms with van der Waals surface area (Å²) >= 11 is 1.42. The summed E-state index contributed by atoms with van der Waals surface area (Å²) in [5, 5.41) is 3.38. The standard InChI is InChI=1S/C23H18N2O2S/c1-16-7-9-17(10-8-16)11-14-22(26)25-23-24-20-13-12-19(15-21(20)28-23)27-18-5-3-2-4-6-18/h2-15H,1H3,(H,24,25,26). The van der Waals surface area contributed by atoms with E-state index in [-0.39, 0.29) is 5.91 Å². The van der Waals surface area contributed by atoms with E-state index in [0.29, 0.717) is 5.13 Å². The average molecular weight is 386 g/mol. The monoisotopic (exact) mass is 386 g/mol. The highest BCUT2D eigenvalue weighted by Crippen LogP contribution is 2.31. The predicted molar refractivity (Wildman–Crippen MR) is 115 cm³/mol. The number of carbonyl (C=O) groups is 1. The zero-order valence-electron chi connectivity index (χ0n) is 15.3. The van der Waals surface area contributed by atoms with Crippen molar-refractivity contribution in [3.05, 3.63) is 90.0 Å². The number of ether oxygens (including phenoxy) is 1. The molecule has 0 fully saturated rings. The van der Waals surface area contributed by atoms with Gasteiger partial charge in [0.05, 0.1) is 10.2 Å². The van der Waals surface area contributed by atoms with E-state index < -0.39 is 0 Å². The lowest BCUT2D eigenvalue weighted by Crippen LogP contribution is -2.07. The maximum absolute atomic E-state index is 12.2. The van der Waals surface area contributed by atoms with Crippen LogP contribution in [0.25, 0.3) is 16.3 Å². The number of fused-ring (bicyclic) bond motifs is 1. The minimum Gasteiger partial charge on any atom is -0.457 e. The van der Waals surface area contributed by atoms with Crippen LogP contribution in [0.3, 0.4) is 0 Å². The molecule has 4 nitrogen and oxygen atoms in total. The van der Waals surface area contributed by atoms with Crippen molar-refractivity contribution in [2.45, 2.75) is 6.92 Å². The van der Waals surface area contributed by atoms with Gasteiger partial charge in [0, 0.05) is 12.1 Å². The first kappa shape index (κ1) is 17.9. The van der Waals surface area contributed by atoms with Gasteiger partial charge in [-0.3, -0.25) is 10.1 Å². The highest BCUT2D eigenvalue weighted by molar-refractivity contribution is 7.22. The second-order valence-electron chi connectivity index (χ2n) is 6.30. The van der Waals surface area contributed by atoms with Crippen LogP contribution in [0.4, 0.5) is 5.13 Å². The third-order valence-corrected chi connectivity index (χ3v) is 5.01. The molecule has 5 heteroatoms. The molecule has 1 aromatic heterocycles. The molecule has 0 aliphatic rings. The summed E-state index contributed by atoms with van der Waals surface area (Å²) in [4.78, 5) is 16.6. The summed E-state index contributed by atoms with van der Waals surface area (Å²) in [7, 11) is 0. The van der Waals surface area contributed by atoms with Crippen LogP contribution >= 0.6 is 11.3 Å². The van der Waals surface area contributed by atoms with E-state index in [9.17, 15) is 4.79 Å². The first-order chi connectivity index (χ1) is 13.7. The molecule has 3 aromatic carbocycles. The first-order valence-corrected chi connectivity index (χ1v) is 9.67. The summed E-state index contributed by atoms with van der Waals surface area (Å²) in [6.07, 6.45) is 3.30. The normalized spacial score (nSPS) is 11.0. The maximum Gasteiger partial charge on any atom is 0.250 e. The lowest BCUT2D eigenvalue weighted by molar-refractivity contribution is -0.111. The van der Waals surface area contributed by atoms with E-state index in [1.165, 1.54) is 23.0 Å². The van der Waals surface area contributed by atoms with E-state index in [2.05, 4.69) is 10.3 Å². The van der Waals surface area contributed by atoms with Gasteiger partial charge >= 0.3 is 0 Å². The van der Waals surface area contributed by atoms with Crippen molar-refractivity contribution in [2.24, 2.45) is 0 Å². The smallest absolute Gasteiger partial charge is 0.250 e. The van der Waals surface area contributed by atoms with Crippen LogP contribution < -0.4 is 10.1 Å². The minimum absolute atomic E-state index is 0.208. The number of benzene rings is 3. The number of rotatable bonds is 5. The van der Waals surface area contributed by atoms with Gasteiger partial charge in [0.2, 0.25) is 5.91 Å². The predicted octanol–water partition coefficient (Wildman–Crippen LogP) is 6.05. The molecule has 0 spiro atoms. The lowest BCUT2D eigenvalue weighted by Gasteiger charge is -2.04. The Labute approximate surface area is 167 Å². The molecule has 0 radical (unpaired) electrons. The molecule has 0 aliphatic carbocycles. The first-order valence-electron chi connectivity index (χ1n) is 8.85. The summed E-state index contributed by atoms with van der Waals surface area (Å²) in [5.41, 5.74) is 2.99. The van der Waals surface area contributed by atoms with Crippen molar-refractivity contribution >= 4 is 38.7 Å². The average Bonchev–Trinajstić information content (AvgIpc) is 3.10. The molecule has 28 heavy (non-hydrogen) atoms. The van der Waals surface area contributed by atoms with E-state index in [1.54, 1.807) is 6.08 Å². The zero-order valence-corrected chi connectivity index (χ0v) is 16.1. The molecule has 0 bridgehead atoms. The fourth-order valence-electron chi connectivity index (χ4n) is 2.64. The van der Waals surface area contributed by atoms with E-state index in [4.69, 9.17) is 4.74 Å². The molecule has 0 aliphatic heterocycles. The number of amides is 1. The van der Waals surface area contributed by atoms with Crippen LogP contribution in [-0.4, -0.2) is 10.9 Å². The number of carbonyl (C=O) groups excluding carboxylic acids is 1. The number of para-hydroxylation sites is 1. The second kappa shape index (κ2) is 8.06. The molecular formula is C23H18N2O2S. The third kappa shape index (κ3) is 4.45. The Balaban J connectivity index is 1.45. The fraction of sp³-hybridized carbons (Fsp3) is 0.0435. The number of hydrogen-bond donors (Lipinski definition) is 1. The topological polar surface area (TPSA) is 51.2 Å². The van der Waals surface area contributed by atoms with Crippen molar-refractivity contribution in [1.29, 1.82) is 0 Å². The molecule has 1 heterocycles. The molecule has 0 saturated carbocycles. The summed E-state index contributed by atoms with van der Waals surface area (Å²) in [6, 6.07) is 23.3. The molecule has 1 N–H and O–H groups in total. The second-order valence-corrected chi connectivity index (χ2v) is 7.33. The van der Waals surface area contributed by atoms with E-state index in [1.807, 2.05) is 79.7 Å². The highest BCUT2D eigenvalue weighted by Gasteiger charge is 2.08. The van der Waals surface area contributed by atoms with Gasteiger partial charge in [-0.25, -0.2) is 4.98 Å². The highest BCUT2D eigenvalue weighted by atomic mass is 32.1. The van der Waals surface area contributed by atoms with Crippen LogP contribution in [0.5, 0.6) is 11.5 Å². The Morgan fingerprint density at radius 1 is 1.00 bits per heavy atom. The van der Waals surface area contributed by atoms with Crippen LogP contribution in [0.15, 0.2) is 78.9 Å². The largest absolute Gasteiger partial charge is 0.457 e. The molecule has 1 amide bonds. The molecule has 0 saturated heterocycles. The Kier molecular flexibility index (Phi) is 5.17. The van der Waals surface area contributed by atoms with Crippen LogP contribution in [-0.2, 0) is 4.79 Å². The molecule has 4 aromatic rings. The van der Waals surface area contributed by atoms with E-state index >= 15 is 0 Å².